The lowest BCUT2D eigenvalue weighted by Crippen LogP contribution is -2.61. The van der Waals surface area contributed by atoms with Crippen molar-refractivity contribution in [1.82, 2.24) is 19.9 Å². The van der Waals surface area contributed by atoms with E-state index in [2.05, 4.69) is 10.3 Å². The van der Waals surface area contributed by atoms with Crippen molar-refractivity contribution in [3.05, 3.63) is 66.1 Å². The van der Waals surface area contributed by atoms with E-state index in [-0.39, 0.29) is 11.4 Å². The van der Waals surface area contributed by atoms with Gasteiger partial charge >= 0.3 is 0 Å². The minimum atomic E-state index is -1.54. The predicted octanol–water partition coefficient (Wildman–Crippen LogP) is 0.880. The molecule has 0 aliphatic carbocycles. The molecule has 0 spiro atoms. The highest BCUT2D eigenvalue weighted by Crippen LogP contribution is 2.32. The number of hydrogen-bond donors (Lipinski definition) is 3. The number of halogens is 3. The molecule has 1 saturated heterocycles. The fraction of sp³-hybridized carbons (Fsp3) is 0.348. The zero-order chi connectivity index (χ0) is 26.0. The number of amides is 1. The van der Waals surface area contributed by atoms with Crippen molar-refractivity contribution in [2.45, 2.75) is 30.6 Å². The zero-order valence-electron chi connectivity index (χ0n) is 18.9. The third-order valence-corrected chi connectivity index (χ3v) is 5.83. The van der Waals surface area contributed by atoms with Crippen LogP contribution in [0.4, 0.5) is 13.2 Å². The molecule has 10 nitrogen and oxygen atoms in total. The topological polar surface area (TPSA) is 130 Å². The largest absolute Gasteiger partial charge is 0.484 e. The Morgan fingerprint density at radius 3 is 2.61 bits per heavy atom. The van der Waals surface area contributed by atoms with Gasteiger partial charge in [0.05, 0.1) is 12.8 Å². The number of likely N-dealkylation sites (N-methyl/N-ethyl adjacent to an activating group) is 1. The van der Waals surface area contributed by atoms with Gasteiger partial charge in [0.25, 0.3) is 5.91 Å². The zero-order valence-corrected chi connectivity index (χ0v) is 18.9. The maximum absolute atomic E-state index is 13.6. The van der Waals surface area contributed by atoms with Crippen LogP contribution >= 0.6 is 0 Å². The average molecular weight is 508 g/mol. The first-order valence-corrected chi connectivity index (χ1v) is 10.8. The Kier molecular flexibility index (Phi) is 7.54. The maximum atomic E-state index is 13.6. The Morgan fingerprint density at radius 2 is 1.92 bits per heavy atom. The highest BCUT2D eigenvalue weighted by Gasteiger charge is 2.48. The molecule has 36 heavy (non-hydrogen) atoms. The molecule has 3 N–H and O–H groups in total. The van der Waals surface area contributed by atoms with Gasteiger partial charge in [-0.1, -0.05) is 17.3 Å². The van der Waals surface area contributed by atoms with Crippen LogP contribution in [0.5, 0.6) is 5.75 Å². The van der Waals surface area contributed by atoms with E-state index in [1.165, 1.54) is 31.4 Å². The predicted molar refractivity (Wildman–Crippen MR) is 117 cm³/mol. The van der Waals surface area contributed by atoms with Crippen LogP contribution in [0.15, 0.2) is 48.7 Å². The molecule has 1 fully saturated rings. The quantitative estimate of drug-likeness (QED) is 0.429. The molecule has 192 valence electrons. The number of ether oxygens (including phenoxy) is 2. The molecule has 1 aliphatic heterocycles. The molecule has 3 unspecified atom stereocenters. The molecule has 3 aromatic rings. The molecule has 0 bridgehead atoms. The summed E-state index contributed by atoms with van der Waals surface area (Å²) in [5.41, 5.74) is 0.677. The first-order chi connectivity index (χ1) is 17.2. The summed E-state index contributed by atoms with van der Waals surface area (Å²) in [5, 5.41) is 39.4. The normalized spacial score (nSPS) is 23.9. The second-order valence-corrected chi connectivity index (χ2v) is 8.18. The van der Waals surface area contributed by atoms with Crippen LogP contribution in [-0.4, -0.2) is 85.9 Å². The van der Waals surface area contributed by atoms with Gasteiger partial charge in [0.2, 0.25) is 0 Å². The summed E-state index contributed by atoms with van der Waals surface area (Å²) < 4.78 is 52.0. The van der Waals surface area contributed by atoms with Gasteiger partial charge < -0.3 is 29.7 Å². The molecule has 4 rings (SSSR count). The Hall–Kier alpha value is -3.52. The third-order valence-electron chi connectivity index (χ3n) is 5.83. The number of nitrogens with zero attached hydrogens (tertiary/aromatic N) is 4. The fourth-order valence-electron chi connectivity index (χ4n) is 3.87. The second kappa shape index (κ2) is 10.6. The third kappa shape index (κ3) is 5.18. The van der Waals surface area contributed by atoms with Crippen LogP contribution < -0.4 is 4.74 Å². The van der Waals surface area contributed by atoms with Crippen molar-refractivity contribution < 1.29 is 42.8 Å². The van der Waals surface area contributed by atoms with Gasteiger partial charge in [0.15, 0.2) is 24.5 Å². The van der Waals surface area contributed by atoms with Crippen LogP contribution in [-0.2, 0) is 9.53 Å². The number of aliphatic hydroxyl groups is 3. The summed E-state index contributed by atoms with van der Waals surface area (Å²) >= 11 is 0. The standard InChI is InChI=1S/C23H23F3N4O6/c1-29(19(32)11-35-14-5-6-15(25)16(26)8-14)23-22(34)20(21(33)18(10-31)36-23)30-9-17(27-28-30)12-3-2-4-13(24)7-12/h2-9,18,20-23,31,33-34H,10-11H2,1H3/t18?,20?,21-,22?,23+/m0/s1. The van der Waals surface area contributed by atoms with E-state index in [4.69, 9.17) is 9.47 Å². The molecule has 0 saturated carbocycles. The van der Waals surface area contributed by atoms with E-state index >= 15 is 0 Å². The first kappa shape index (κ1) is 25.6. The molecule has 2 aromatic carbocycles. The smallest absolute Gasteiger partial charge is 0.262 e. The van der Waals surface area contributed by atoms with E-state index in [0.717, 1.165) is 27.8 Å². The van der Waals surface area contributed by atoms with Gasteiger partial charge in [0.1, 0.15) is 41.6 Å². The summed E-state index contributed by atoms with van der Waals surface area (Å²) in [5.74, 6) is -3.49. The second-order valence-electron chi connectivity index (χ2n) is 8.18. The van der Waals surface area contributed by atoms with E-state index in [0.29, 0.717) is 5.56 Å². The van der Waals surface area contributed by atoms with Gasteiger partial charge in [-0.05, 0) is 24.3 Å². The van der Waals surface area contributed by atoms with Gasteiger partial charge in [-0.3, -0.25) is 4.79 Å². The van der Waals surface area contributed by atoms with E-state index in [1.807, 2.05) is 0 Å². The summed E-state index contributed by atoms with van der Waals surface area (Å²) in [7, 11) is 1.30. The Balaban J connectivity index is 1.52. The summed E-state index contributed by atoms with van der Waals surface area (Å²) in [6, 6.07) is 7.18. The molecule has 2 heterocycles. The number of hydrogen-bond acceptors (Lipinski definition) is 8. The lowest BCUT2D eigenvalue weighted by atomic mass is 9.95. The van der Waals surface area contributed by atoms with Crippen LogP contribution in [0.2, 0.25) is 0 Å². The molecule has 5 atom stereocenters. The number of carbonyl (C=O) groups excluding carboxylic acids is 1. The van der Waals surface area contributed by atoms with Crippen molar-refractivity contribution in [1.29, 1.82) is 0 Å². The number of benzene rings is 2. The molecule has 0 radical (unpaired) electrons. The summed E-state index contributed by atoms with van der Waals surface area (Å²) in [4.78, 5) is 13.7. The lowest BCUT2D eigenvalue weighted by molar-refractivity contribution is -0.242. The van der Waals surface area contributed by atoms with Gasteiger partial charge in [0, 0.05) is 18.7 Å². The van der Waals surface area contributed by atoms with Crippen molar-refractivity contribution in [2.75, 3.05) is 20.3 Å². The molecule has 13 heteroatoms. The fourth-order valence-corrected chi connectivity index (χ4v) is 3.87. The Bertz CT molecular complexity index is 1230. The van der Waals surface area contributed by atoms with Crippen LogP contribution in [0.1, 0.15) is 6.04 Å². The summed E-state index contributed by atoms with van der Waals surface area (Å²) in [6.07, 6.45) is -4.14. The number of carbonyl (C=O) groups is 1. The highest BCUT2D eigenvalue weighted by molar-refractivity contribution is 5.77. The Morgan fingerprint density at radius 1 is 1.14 bits per heavy atom. The van der Waals surface area contributed by atoms with Gasteiger partial charge in [-0.25, -0.2) is 17.9 Å². The van der Waals surface area contributed by atoms with Gasteiger partial charge in [-0.2, -0.15) is 0 Å². The maximum Gasteiger partial charge on any atom is 0.262 e. The summed E-state index contributed by atoms with van der Waals surface area (Å²) in [6.45, 7) is -1.24. The molecule has 1 aromatic heterocycles. The van der Waals surface area contributed by atoms with E-state index < -0.39 is 67.2 Å². The average Bonchev–Trinajstić information content (AvgIpc) is 3.34. The number of rotatable bonds is 7. The monoisotopic (exact) mass is 508 g/mol. The van der Waals surface area contributed by atoms with E-state index in [9.17, 15) is 33.3 Å². The minimum absolute atomic E-state index is 0.0882. The molecular weight excluding hydrogens is 485 g/mol. The Labute approximate surface area is 203 Å². The van der Waals surface area contributed by atoms with Crippen LogP contribution in [0, 0.1) is 17.5 Å². The molecule has 1 amide bonds. The minimum Gasteiger partial charge on any atom is -0.484 e. The van der Waals surface area contributed by atoms with Crippen molar-refractivity contribution in [3.63, 3.8) is 0 Å². The molecule has 1 aliphatic rings. The van der Waals surface area contributed by atoms with Crippen molar-refractivity contribution in [2.24, 2.45) is 0 Å². The first-order valence-electron chi connectivity index (χ1n) is 10.8. The number of aliphatic hydroxyl groups excluding tert-OH is 3. The molecular formula is C23H23F3N4O6. The van der Waals surface area contributed by atoms with Crippen LogP contribution in [0.25, 0.3) is 11.3 Å². The van der Waals surface area contributed by atoms with Crippen LogP contribution in [0.3, 0.4) is 0 Å². The van der Waals surface area contributed by atoms with Gasteiger partial charge in [-0.15, -0.1) is 5.10 Å². The van der Waals surface area contributed by atoms with Crippen molar-refractivity contribution in [3.8, 4) is 17.0 Å². The number of aromatic nitrogens is 3. The highest BCUT2D eigenvalue weighted by atomic mass is 19.2. The van der Waals surface area contributed by atoms with Crippen molar-refractivity contribution >= 4 is 5.91 Å². The lowest BCUT2D eigenvalue weighted by Gasteiger charge is -2.45. The van der Waals surface area contributed by atoms with E-state index in [1.54, 1.807) is 6.07 Å². The SMILES string of the molecule is CN(C(=O)COc1ccc(F)c(F)c1)[C@@H]1OC(CO)[C@H](O)C(n2cc(-c3cccc(F)c3)nn2)C1O.